The Balaban J connectivity index is 2.23. The summed E-state index contributed by atoms with van der Waals surface area (Å²) in [5, 5.41) is 9.01. The van der Waals surface area contributed by atoms with Gasteiger partial charge in [-0.25, -0.2) is 0 Å². The minimum atomic E-state index is -0.944. The second-order valence-electron chi connectivity index (χ2n) is 5.05. The Morgan fingerprint density at radius 3 is 2.23 bits per heavy atom. The first-order valence-corrected chi connectivity index (χ1v) is 6.79. The maximum atomic E-state index is 11.9. The molecule has 1 amide bonds. The molecule has 2 rings (SSSR count). The van der Waals surface area contributed by atoms with Crippen molar-refractivity contribution in [3.8, 4) is 17.2 Å². The molecule has 1 heterocycles. The van der Waals surface area contributed by atoms with E-state index in [0.717, 1.165) is 5.56 Å². The Morgan fingerprint density at radius 2 is 1.82 bits per heavy atom. The highest BCUT2D eigenvalue weighted by Crippen LogP contribution is 2.38. The third-order valence-corrected chi connectivity index (χ3v) is 3.66. The van der Waals surface area contributed by atoms with Crippen LogP contribution in [0.5, 0.6) is 17.2 Å². The summed E-state index contributed by atoms with van der Waals surface area (Å²) in [6.07, 6.45) is 0.0414. The quantitative estimate of drug-likeness (QED) is 0.848. The third kappa shape index (κ3) is 3.08. The lowest BCUT2D eigenvalue weighted by Gasteiger charge is -2.19. The highest BCUT2D eigenvalue weighted by molar-refractivity contribution is 5.86. The predicted octanol–water partition coefficient (Wildman–Crippen LogP) is 1.15. The van der Waals surface area contributed by atoms with Gasteiger partial charge in [0, 0.05) is 19.5 Å². The van der Waals surface area contributed by atoms with Gasteiger partial charge in [-0.15, -0.1) is 0 Å². The van der Waals surface area contributed by atoms with Gasteiger partial charge in [0.25, 0.3) is 0 Å². The molecule has 0 radical (unpaired) electrons. The fourth-order valence-electron chi connectivity index (χ4n) is 2.54. The number of carboxylic acid groups (broad SMARTS) is 1. The number of carboxylic acids is 1. The summed E-state index contributed by atoms with van der Waals surface area (Å²) in [7, 11) is 4.55. The van der Waals surface area contributed by atoms with Crippen molar-refractivity contribution in [1.82, 2.24) is 4.90 Å². The second kappa shape index (κ2) is 6.55. The Labute approximate surface area is 128 Å². The van der Waals surface area contributed by atoms with E-state index in [9.17, 15) is 9.59 Å². The monoisotopic (exact) mass is 309 g/mol. The normalized spacial score (nSPS) is 17.5. The summed E-state index contributed by atoms with van der Waals surface area (Å²) in [5.41, 5.74) is 0.786. The Kier molecular flexibility index (Phi) is 4.75. The van der Waals surface area contributed by atoms with Gasteiger partial charge in [-0.2, -0.15) is 0 Å². The van der Waals surface area contributed by atoms with Crippen molar-refractivity contribution >= 4 is 11.9 Å². The van der Waals surface area contributed by atoms with E-state index in [1.807, 2.05) is 0 Å². The summed E-state index contributed by atoms with van der Waals surface area (Å²) in [6, 6.07) is 3.51. The van der Waals surface area contributed by atoms with Crippen LogP contribution in [0, 0.1) is 5.92 Å². The number of amides is 1. The number of methoxy groups -OCH3 is 3. The molecule has 1 unspecified atom stereocenters. The van der Waals surface area contributed by atoms with Crippen LogP contribution in [0.1, 0.15) is 12.0 Å². The smallest absolute Gasteiger partial charge is 0.308 e. The van der Waals surface area contributed by atoms with E-state index < -0.39 is 11.9 Å². The highest BCUT2D eigenvalue weighted by Gasteiger charge is 2.34. The zero-order valence-electron chi connectivity index (χ0n) is 12.8. The summed E-state index contributed by atoms with van der Waals surface area (Å²) in [5.74, 6) is -0.280. The van der Waals surface area contributed by atoms with Crippen LogP contribution in [-0.2, 0) is 16.1 Å². The van der Waals surface area contributed by atoms with Gasteiger partial charge in [0.1, 0.15) is 0 Å². The van der Waals surface area contributed by atoms with Crippen molar-refractivity contribution in [1.29, 1.82) is 0 Å². The molecule has 1 aromatic carbocycles. The van der Waals surface area contributed by atoms with Gasteiger partial charge in [-0.05, 0) is 17.7 Å². The third-order valence-electron chi connectivity index (χ3n) is 3.66. The zero-order chi connectivity index (χ0) is 16.3. The first-order chi connectivity index (χ1) is 10.5. The molecule has 0 aliphatic carbocycles. The molecule has 1 N–H and O–H groups in total. The van der Waals surface area contributed by atoms with E-state index in [2.05, 4.69) is 0 Å². The lowest BCUT2D eigenvalue weighted by atomic mass is 10.1. The average Bonchev–Trinajstić information content (AvgIpc) is 2.87. The maximum Gasteiger partial charge on any atom is 0.308 e. The van der Waals surface area contributed by atoms with Gasteiger partial charge in [-0.3, -0.25) is 9.59 Å². The molecule has 0 spiro atoms. The van der Waals surface area contributed by atoms with Crippen LogP contribution in [-0.4, -0.2) is 49.8 Å². The van der Waals surface area contributed by atoms with Crippen LogP contribution in [0.15, 0.2) is 12.1 Å². The van der Waals surface area contributed by atoms with Crippen LogP contribution < -0.4 is 14.2 Å². The minimum absolute atomic E-state index is 0.0414. The van der Waals surface area contributed by atoms with Gasteiger partial charge < -0.3 is 24.2 Å². The molecule has 0 saturated carbocycles. The number of hydrogen-bond acceptors (Lipinski definition) is 5. The van der Waals surface area contributed by atoms with Gasteiger partial charge >= 0.3 is 5.97 Å². The highest BCUT2D eigenvalue weighted by atomic mass is 16.5. The van der Waals surface area contributed by atoms with Crippen molar-refractivity contribution in [3.05, 3.63) is 17.7 Å². The minimum Gasteiger partial charge on any atom is -0.493 e. The molecule has 7 nitrogen and oxygen atoms in total. The van der Waals surface area contributed by atoms with Gasteiger partial charge in [0.15, 0.2) is 11.5 Å². The topological polar surface area (TPSA) is 85.3 Å². The number of carbonyl (C=O) groups is 2. The first-order valence-electron chi connectivity index (χ1n) is 6.79. The van der Waals surface area contributed by atoms with Crippen molar-refractivity contribution in [3.63, 3.8) is 0 Å². The molecule has 0 aromatic heterocycles. The van der Waals surface area contributed by atoms with Crippen molar-refractivity contribution in [2.75, 3.05) is 27.9 Å². The molecule has 1 aromatic rings. The second-order valence-corrected chi connectivity index (χ2v) is 5.05. The number of benzene rings is 1. The number of nitrogens with zero attached hydrogens (tertiary/aromatic N) is 1. The fourth-order valence-corrected chi connectivity index (χ4v) is 2.54. The van der Waals surface area contributed by atoms with E-state index in [0.29, 0.717) is 23.8 Å². The van der Waals surface area contributed by atoms with E-state index in [-0.39, 0.29) is 18.9 Å². The molecule has 1 aliphatic rings. The largest absolute Gasteiger partial charge is 0.493 e. The molecule has 1 fully saturated rings. The summed E-state index contributed by atoms with van der Waals surface area (Å²) >= 11 is 0. The Hall–Kier alpha value is -2.44. The standard InChI is InChI=1S/C15H19NO6/c1-20-11-4-9(5-12(21-2)14(11)22-3)7-16-8-10(15(18)19)6-13(16)17/h4-5,10H,6-8H2,1-3H3,(H,18,19). The number of likely N-dealkylation sites (tertiary alicyclic amines) is 1. The molecule has 7 heteroatoms. The maximum absolute atomic E-state index is 11.9. The number of hydrogen-bond donors (Lipinski definition) is 1. The zero-order valence-corrected chi connectivity index (χ0v) is 12.8. The van der Waals surface area contributed by atoms with Crippen molar-refractivity contribution in [2.45, 2.75) is 13.0 Å². The van der Waals surface area contributed by atoms with Crippen LogP contribution in [0.4, 0.5) is 0 Å². The van der Waals surface area contributed by atoms with Gasteiger partial charge in [-0.1, -0.05) is 0 Å². The molecule has 120 valence electrons. The van der Waals surface area contributed by atoms with Crippen LogP contribution >= 0.6 is 0 Å². The van der Waals surface area contributed by atoms with Crippen LogP contribution in [0.25, 0.3) is 0 Å². The summed E-state index contributed by atoms with van der Waals surface area (Å²) < 4.78 is 15.8. The van der Waals surface area contributed by atoms with Gasteiger partial charge in [0.2, 0.25) is 11.7 Å². The van der Waals surface area contributed by atoms with Crippen LogP contribution in [0.3, 0.4) is 0 Å². The first kappa shape index (κ1) is 15.9. The van der Waals surface area contributed by atoms with E-state index >= 15 is 0 Å². The summed E-state index contributed by atoms with van der Waals surface area (Å²) in [6.45, 7) is 0.518. The predicted molar refractivity (Wildman–Crippen MR) is 77.3 cm³/mol. The van der Waals surface area contributed by atoms with Crippen molar-refractivity contribution in [2.24, 2.45) is 5.92 Å². The lowest BCUT2D eigenvalue weighted by molar-refractivity contribution is -0.141. The number of aliphatic carboxylic acids is 1. The molecule has 1 aliphatic heterocycles. The molecule has 22 heavy (non-hydrogen) atoms. The number of rotatable bonds is 6. The molecule has 1 saturated heterocycles. The molecule has 0 bridgehead atoms. The average molecular weight is 309 g/mol. The SMILES string of the molecule is COc1cc(CN2CC(C(=O)O)CC2=O)cc(OC)c1OC. The Morgan fingerprint density at radius 1 is 1.23 bits per heavy atom. The number of carbonyl (C=O) groups excluding carboxylic acids is 1. The number of ether oxygens (including phenoxy) is 3. The lowest BCUT2D eigenvalue weighted by Crippen LogP contribution is -2.25. The molecular weight excluding hydrogens is 290 g/mol. The summed E-state index contributed by atoms with van der Waals surface area (Å²) in [4.78, 5) is 24.4. The Bertz CT molecular complexity index is 560. The molecule has 1 atom stereocenters. The molecular formula is C15H19NO6. The van der Waals surface area contributed by atoms with Gasteiger partial charge in [0.05, 0.1) is 27.2 Å². The fraction of sp³-hybridized carbons (Fsp3) is 0.467. The van der Waals surface area contributed by atoms with Crippen LogP contribution in [0.2, 0.25) is 0 Å². The van der Waals surface area contributed by atoms with E-state index in [4.69, 9.17) is 19.3 Å². The van der Waals surface area contributed by atoms with E-state index in [1.54, 1.807) is 12.1 Å². The van der Waals surface area contributed by atoms with Crippen molar-refractivity contribution < 1.29 is 28.9 Å². The van der Waals surface area contributed by atoms with E-state index in [1.165, 1.54) is 26.2 Å².